The number of rotatable bonds is 6. The topological polar surface area (TPSA) is 123 Å². The molecule has 0 aliphatic carbocycles. The number of hydrazine groups is 1. The Morgan fingerprint density at radius 1 is 1.24 bits per heavy atom. The van der Waals surface area contributed by atoms with E-state index in [2.05, 4.69) is 25.1 Å². The average molecular weight is 308 g/mol. The molecule has 0 aromatic carbocycles. The molecule has 4 N–H and O–H groups in total. The van der Waals surface area contributed by atoms with Gasteiger partial charge in [-0.15, -0.1) is 0 Å². The molecule has 112 valence electrons. The molecule has 0 saturated heterocycles. The number of nitrogens with one attached hydrogen (secondary N) is 2. The molecule has 0 atom stereocenters. The minimum Gasteiger partial charge on any atom is -0.292 e. The summed E-state index contributed by atoms with van der Waals surface area (Å²) in [6.07, 6.45) is 4.78. The van der Waals surface area contributed by atoms with Crippen LogP contribution in [0.25, 0.3) is 0 Å². The first-order valence-electron chi connectivity index (χ1n) is 6.28. The maximum Gasteiger partial charge on any atom is 0.243 e. The van der Waals surface area contributed by atoms with Crippen molar-refractivity contribution < 1.29 is 8.42 Å². The van der Waals surface area contributed by atoms with Gasteiger partial charge >= 0.3 is 0 Å². The number of nitrogens with two attached hydrogens (primary N) is 1. The number of sulfonamides is 1. The average Bonchev–Trinajstić information content (AvgIpc) is 2.53. The Morgan fingerprint density at radius 2 is 1.95 bits per heavy atom. The van der Waals surface area contributed by atoms with E-state index in [1.165, 1.54) is 12.4 Å². The van der Waals surface area contributed by atoms with E-state index in [9.17, 15) is 8.42 Å². The van der Waals surface area contributed by atoms with Gasteiger partial charge in [0.15, 0.2) is 0 Å². The standard InChI is InChI=1S/C12H16N6O2S/c1-2-9-4-3-5-14-11(9)8-17-21(19,20)10-6-15-12(18-13)16-7-10/h3-7,17H,2,8,13H2,1H3,(H,15,16,18). The van der Waals surface area contributed by atoms with E-state index in [1.807, 2.05) is 19.1 Å². The third-order valence-corrected chi connectivity index (χ3v) is 4.22. The smallest absolute Gasteiger partial charge is 0.243 e. The van der Waals surface area contributed by atoms with Gasteiger partial charge in [-0.2, -0.15) is 0 Å². The lowest BCUT2D eigenvalue weighted by atomic mass is 10.1. The normalized spacial score (nSPS) is 11.3. The van der Waals surface area contributed by atoms with E-state index < -0.39 is 10.0 Å². The lowest BCUT2D eigenvalue weighted by Crippen LogP contribution is -2.25. The number of anilines is 1. The summed E-state index contributed by atoms with van der Waals surface area (Å²) in [5.74, 6) is 5.27. The summed E-state index contributed by atoms with van der Waals surface area (Å²) in [6, 6.07) is 3.74. The van der Waals surface area contributed by atoms with Crippen molar-refractivity contribution in [3.63, 3.8) is 0 Å². The van der Waals surface area contributed by atoms with E-state index in [4.69, 9.17) is 5.84 Å². The molecule has 2 rings (SSSR count). The fourth-order valence-electron chi connectivity index (χ4n) is 1.73. The highest BCUT2D eigenvalue weighted by molar-refractivity contribution is 7.89. The predicted molar refractivity (Wildman–Crippen MR) is 77.5 cm³/mol. The van der Waals surface area contributed by atoms with Gasteiger partial charge in [-0.3, -0.25) is 10.4 Å². The van der Waals surface area contributed by atoms with Gasteiger partial charge in [0.1, 0.15) is 4.90 Å². The Balaban J connectivity index is 2.13. The molecule has 0 spiro atoms. The summed E-state index contributed by atoms with van der Waals surface area (Å²) in [5, 5.41) is 0. The first-order chi connectivity index (χ1) is 10.1. The van der Waals surface area contributed by atoms with Crippen molar-refractivity contribution in [1.82, 2.24) is 19.7 Å². The van der Waals surface area contributed by atoms with Crippen LogP contribution in [0.15, 0.2) is 35.6 Å². The van der Waals surface area contributed by atoms with Crippen LogP contribution in [0.4, 0.5) is 5.95 Å². The Kier molecular flexibility index (Phi) is 4.78. The highest BCUT2D eigenvalue weighted by Crippen LogP contribution is 2.10. The van der Waals surface area contributed by atoms with Gasteiger partial charge in [0.25, 0.3) is 0 Å². The Hall–Kier alpha value is -2.10. The second-order valence-corrected chi connectivity index (χ2v) is 5.94. The van der Waals surface area contributed by atoms with Gasteiger partial charge in [-0.1, -0.05) is 13.0 Å². The van der Waals surface area contributed by atoms with Crippen LogP contribution in [0, 0.1) is 0 Å². The summed E-state index contributed by atoms with van der Waals surface area (Å²) in [4.78, 5) is 11.7. The number of hydrogen-bond donors (Lipinski definition) is 3. The van der Waals surface area contributed by atoms with Crippen molar-refractivity contribution in [2.45, 2.75) is 24.8 Å². The molecular weight excluding hydrogens is 292 g/mol. The molecule has 2 aromatic heterocycles. The van der Waals surface area contributed by atoms with Crippen LogP contribution >= 0.6 is 0 Å². The molecule has 0 radical (unpaired) electrons. The van der Waals surface area contributed by atoms with E-state index in [-0.39, 0.29) is 17.4 Å². The SMILES string of the molecule is CCc1cccnc1CNS(=O)(=O)c1cnc(NN)nc1. The Morgan fingerprint density at radius 3 is 2.57 bits per heavy atom. The maximum absolute atomic E-state index is 12.1. The lowest BCUT2D eigenvalue weighted by Gasteiger charge is -2.09. The fraction of sp³-hybridized carbons (Fsp3) is 0.250. The van der Waals surface area contributed by atoms with Crippen molar-refractivity contribution in [2.24, 2.45) is 5.84 Å². The molecule has 0 bridgehead atoms. The van der Waals surface area contributed by atoms with Crippen LogP contribution in [0.1, 0.15) is 18.2 Å². The van der Waals surface area contributed by atoms with E-state index in [0.29, 0.717) is 5.69 Å². The molecule has 0 fully saturated rings. The molecule has 21 heavy (non-hydrogen) atoms. The molecule has 0 unspecified atom stereocenters. The van der Waals surface area contributed by atoms with Crippen molar-refractivity contribution in [2.75, 3.05) is 5.43 Å². The number of aromatic nitrogens is 3. The van der Waals surface area contributed by atoms with Crippen LogP contribution in [0.5, 0.6) is 0 Å². The summed E-state index contributed by atoms with van der Waals surface area (Å²) >= 11 is 0. The molecule has 9 heteroatoms. The molecule has 0 amide bonds. The number of hydrogen-bond acceptors (Lipinski definition) is 7. The third kappa shape index (κ3) is 3.72. The van der Waals surface area contributed by atoms with Crippen molar-refractivity contribution in [3.8, 4) is 0 Å². The Labute approximate surface area is 122 Å². The summed E-state index contributed by atoms with van der Waals surface area (Å²) < 4.78 is 26.8. The van der Waals surface area contributed by atoms with E-state index in [0.717, 1.165) is 12.0 Å². The second kappa shape index (κ2) is 6.57. The van der Waals surface area contributed by atoms with Crippen LogP contribution in [0.3, 0.4) is 0 Å². The minimum absolute atomic E-state index is 0.0320. The second-order valence-electron chi connectivity index (χ2n) is 4.17. The molecule has 0 aliphatic rings. The number of pyridine rings is 1. The first-order valence-corrected chi connectivity index (χ1v) is 7.76. The zero-order valence-electron chi connectivity index (χ0n) is 11.4. The lowest BCUT2D eigenvalue weighted by molar-refractivity contribution is 0.579. The highest BCUT2D eigenvalue weighted by Gasteiger charge is 2.16. The molecule has 2 heterocycles. The van der Waals surface area contributed by atoms with Gasteiger partial charge in [-0.05, 0) is 18.1 Å². The number of nitrogen functional groups attached to an aromatic ring is 1. The van der Waals surface area contributed by atoms with Gasteiger partial charge in [0.2, 0.25) is 16.0 Å². The van der Waals surface area contributed by atoms with Crippen LogP contribution < -0.4 is 16.0 Å². The molecular formula is C12H16N6O2S. The molecule has 0 saturated carbocycles. The monoisotopic (exact) mass is 308 g/mol. The van der Waals surface area contributed by atoms with Crippen LogP contribution in [0.2, 0.25) is 0 Å². The van der Waals surface area contributed by atoms with Crippen molar-refractivity contribution in [1.29, 1.82) is 0 Å². The van der Waals surface area contributed by atoms with Crippen LogP contribution in [-0.2, 0) is 23.0 Å². The summed E-state index contributed by atoms with van der Waals surface area (Å²) in [5.41, 5.74) is 3.93. The number of nitrogens with zero attached hydrogens (tertiary/aromatic N) is 3. The zero-order chi connectivity index (χ0) is 15.3. The fourth-order valence-corrected chi connectivity index (χ4v) is 2.60. The van der Waals surface area contributed by atoms with Gasteiger partial charge in [0.05, 0.1) is 24.6 Å². The van der Waals surface area contributed by atoms with E-state index in [1.54, 1.807) is 6.20 Å². The molecule has 0 aliphatic heterocycles. The molecule has 8 nitrogen and oxygen atoms in total. The minimum atomic E-state index is -3.69. The van der Waals surface area contributed by atoms with Gasteiger partial charge in [-0.25, -0.2) is 29.0 Å². The number of aryl methyl sites for hydroxylation is 1. The maximum atomic E-state index is 12.1. The van der Waals surface area contributed by atoms with E-state index >= 15 is 0 Å². The Bertz CT molecular complexity index is 702. The predicted octanol–water partition coefficient (Wildman–Crippen LogP) is 0.198. The van der Waals surface area contributed by atoms with Gasteiger partial charge in [0, 0.05) is 6.20 Å². The largest absolute Gasteiger partial charge is 0.292 e. The van der Waals surface area contributed by atoms with Crippen molar-refractivity contribution >= 4 is 16.0 Å². The third-order valence-electron chi connectivity index (χ3n) is 2.86. The first kappa shape index (κ1) is 15.3. The van der Waals surface area contributed by atoms with Crippen molar-refractivity contribution in [3.05, 3.63) is 42.0 Å². The van der Waals surface area contributed by atoms with Gasteiger partial charge < -0.3 is 0 Å². The quantitative estimate of drug-likeness (QED) is 0.514. The molecule has 2 aromatic rings. The zero-order valence-corrected chi connectivity index (χ0v) is 12.3. The van der Waals surface area contributed by atoms with Crippen LogP contribution in [-0.4, -0.2) is 23.4 Å². The summed E-state index contributed by atoms with van der Waals surface area (Å²) in [6.45, 7) is 2.10. The highest BCUT2D eigenvalue weighted by atomic mass is 32.2. The summed E-state index contributed by atoms with van der Waals surface area (Å²) in [7, 11) is -3.69.